The Labute approximate surface area is 228 Å². The summed E-state index contributed by atoms with van der Waals surface area (Å²) < 4.78 is 2.23. The van der Waals surface area contributed by atoms with E-state index < -0.39 is 6.04 Å². The van der Waals surface area contributed by atoms with Crippen LogP contribution >= 0.6 is 6.04 Å². The third kappa shape index (κ3) is 3.22. The molecule has 0 N–H and O–H groups in total. The highest BCUT2D eigenvalue weighted by atomic mass is 32.4. The maximum Gasteiger partial charge on any atom is 0.169 e. The van der Waals surface area contributed by atoms with Crippen molar-refractivity contribution in [2.45, 2.75) is 0 Å². The molecule has 8 rings (SSSR count). The van der Waals surface area contributed by atoms with Gasteiger partial charge in [0, 0.05) is 45.4 Å². The van der Waals surface area contributed by atoms with Crippen LogP contribution in [0, 0.1) is 0 Å². The number of imidazole rings is 1. The van der Waals surface area contributed by atoms with Crippen molar-refractivity contribution in [3.63, 3.8) is 0 Å². The van der Waals surface area contributed by atoms with Gasteiger partial charge in [-0.2, -0.15) is 0 Å². The molecule has 184 valence electrons. The lowest BCUT2D eigenvalue weighted by molar-refractivity contribution is 1.29. The van der Waals surface area contributed by atoms with Crippen LogP contribution in [-0.4, -0.2) is 24.3 Å². The van der Waals surface area contributed by atoms with Crippen LogP contribution in [0.2, 0.25) is 0 Å². The number of para-hydroxylation sites is 4. The quantitative estimate of drug-likeness (QED) is 0.208. The molecule has 0 saturated carbocycles. The number of benzene rings is 4. The second-order valence-corrected chi connectivity index (χ2v) is 13.8. The standard InChI is InChI=1S/C32H20N5PS/c39-38(22-11-2-1-3-12-22,32-34-18-21-10-4-6-14-25(21)36-32)29-20-33-19-24-30(29)23-13-5-8-16-27(23)37-28-17-9-7-15-26(28)35-31(24)37/h1-20H. The van der Waals surface area contributed by atoms with Gasteiger partial charge in [0.25, 0.3) is 0 Å². The van der Waals surface area contributed by atoms with Gasteiger partial charge in [-0.25, -0.2) is 15.0 Å². The first-order valence-electron chi connectivity index (χ1n) is 12.7. The van der Waals surface area contributed by atoms with E-state index in [1.54, 1.807) is 0 Å². The number of hydrogen-bond donors (Lipinski definition) is 0. The summed E-state index contributed by atoms with van der Waals surface area (Å²) in [5.74, 6) is 0. The minimum absolute atomic E-state index is 0.661. The molecule has 0 aliphatic heterocycles. The molecular weight excluding hydrogens is 517 g/mol. The monoisotopic (exact) mass is 537 g/mol. The first-order valence-corrected chi connectivity index (χ1v) is 15.5. The molecule has 0 fully saturated rings. The summed E-state index contributed by atoms with van der Waals surface area (Å²) in [7, 11) is 0. The molecule has 0 aliphatic carbocycles. The van der Waals surface area contributed by atoms with Gasteiger partial charge in [-0.15, -0.1) is 0 Å². The smallest absolute Gasteiger partial charge is 0.169 e. The zero-order valence-corrected chi connectivity index (χ0v) is 22.3. The van der Waals surface area contributed by atoms with Crippen LogP contribution in [0.4, 0.5) is 0 Å². The van der Waals surface area contributed by atoms with Crippen LogP contribution in [0.5, 0.6) is 0 Å². The van der Waals surface area contributed by atoms with E-state index in [0.29, 0.717) is 5.57 Å². The topological polar surface area (TPSA) is 56.0 Å². The molecule has 0 radical (unpaired) electrons. The second-order valence-electron chi connectivity index (χ2n) is 9.53. The Morgan fingerprint density at radius 2 is 1.33 bits per heavy atom. The summed E-state index contributed by atoms with van der Waals surface area (Å²) in [6, 6.07) is 32.3. The van der Waals surface area contributed by atoms with Crippen LogP contribution in [0.3, 0.4) is 0 Å². The predicted octanol–water partition coefficient (Wildman–Crippen LogP) is 5.89. The molecule has 4 aromatic carbocycles. The van der Waals surface area contributed by atoms with Crippen molar-refractivity contribution < 1.29 is 0 Å². The van der Waals surface area contributed by atoms with Gasteiger partial charge in [-0.05, 0) is 29.6 Å². The van der Waals surface area contributed by atoms with E-state index in [9.17, 15) is 0 Å². The van der Waals surface area contributed by atoms with Crippen molar-refractivity contribution in [1.29, 1.82) is 0 Å². The number of pyridine rings is 2. The molecule has 39 heavy (non-hydrogen) atoms. The molecule has 0 spiro atoms. The highest BCUT2D eigenvalue weighted by molar-refractivity contribution is 8.25. The summed E-state index contributed by atoms with van der Waals surface area (Å²) in [5.41, 5.74) is 5.50. The van der Waals surface area contributed by atoms with Gasteiger partial charge < -0.3 is 0 Å². The van der Waals surface area contributed by atoms with E-state index in [4.69, 9.17) is 31.7 Å². The molecule has 0 saturated heterocycles. The Hall–Kier alpha value is -4.51. The second kappa shape index (κ2) is 8.50. The summed E-state index contributed by atoms with van der Waals surface area (Å²) in [5, 5.41) is 6.12. The third-order valence-corrected chi connectivity index (χ3v) is 11.9. The summed E-state index contributed by atoms with van der Waals surface area (Å²) in [4.78, 5) is 19.8. The van der Waals surface area contributed by atoms with Gasteiger partial charge >= 0.3 is 0 Å². The SMILES string of the molecule is S=P(c1ccccc1)(c1ncc2ccccc2n1)c1cncc2c1c1ccccc1n1c3ccccc3nc21. The van der Waals surface area contributed by atoms with E-state index in [1.807, 2.05) is 67.1 Å². The van der Waals surface area contributed by atoms with Crippen LogP contribution in [0.1, 0.15) is 0 Å². The van der Waals surface area contributed by atoms with Crippen molar-refractivity contribution in [3.8, 4) is 0 Å². The lowest BCUT2D eigenvalue weighted by atomic mass is 10.1. The molecule has 7 heteroatoms. The molecule has 5 nitrogen and oxygen atoms in total. The minimum atomic E-state index is -2.73. The van der Waals surface area contributed by atoms with Gasteiger partial charge in [0.05, 0.1) is 28.1 Å². The Bertz CT molecular complexity index is 2280. The average Bonchev–Trinajstić information content (AvgIpc) is 3.41. The number of hydrogen-bond acceptors (Lipinski definition) is 5. The van der Waals surface area contributed by atoms with E-state index in [0.717, 1.165) is 59.9 Å². The van der Waals surface area contributed by atoms with Crippen molar-refractivity contribution >= 4 is 83.3 Å². The summed E-state index contributed by atoms with van der Waals surface area (Å²) in [6.45, 7) is 0. The molecule has 0 bridgehead atoms. The summed E-state index contributed by atoms with van der Waals surface area (Å²) >= 11 is 6.76. The van der Waals surface area contributed by atoms with Crippen LogP contribution in [0.25, 0.3) is 49.3 Å². The normalized spacial score (nSPS) is 13.4. The lowest BCUT2D eigenvalue weighted by Gasteiger charge is -2.24. The van der Waals surface area contributed by atoms with Crippen molar-refractivity contribution in [2.75, 3.05) is 0 Å². The number of rotatable bonds is 3. The average molecular weight is 538 g/mol. The Balaban J connectivity index is 1.57. The molecule has 0 aliphatic rings. The Kier molecular flexibility index (Phi) is 4.90. The maximum absolute atomic E-state index is 6.76. The largest absolute Gasteiger partial charge is 0.292 e. The van der Waals surface area contributed by atoms with Gasteiger partial charge in [0.2, 0.25) is 0 Å². The van der Waals surface area contributed by atoms with Gasteiger partial charge in [0.15, 0.2) is 5.57 Å². The first-order chi connectivity index (χ1) is 19.2. The van der Waals surface area contributed by atoms with E-state index in [-0.39, 0.29) is 0 Å². The zero-order valence-electron chi connectivity index (χ0n) is 20.6. The van der Waals surface area contributed by atoms with Crippen LogP contribution in [0.15, 0.2) is 122 Å². The van der Waals surface area contributed by atoms with Crippen molar-refractivity contribution in [2.24, 2.45) is 0 Å². The fraction of sp³-hybridized carbons (Fsp3) is 0. The van der Waals surface area contributed by atoms with Crippen molar-refractivity contribution in [1.82, 2.24) is 24.3 Å². The van der Waals surface area contributed by atoms with Crippen molar-refractivity contribution in [3.05, 3.63) is 122 Å². The molecule has 0 amide bonds. The molecule has 1 unspecified atom stereocenters. The Morgan fingerprint density at radius 1 is 0.615 bits per heavy atom. The molecular formula is C32H20N5PS. The molecule has 4 heterocycles. The van der Waals surface area contributed by atoms with E-state index >= 15 is 0 Å². The first kappa shape index (κ1) is 22.5. The van der Waals surface area contributed by atoms with E-state index in [1.165, 1.54) is 0 Å². The maximum atomic E-state index is 6.76. The highest BCUT2D eigenvalue weighted by Gasteiger charge is 2.32. The fourth-order valence-corrected chi connectivity index (χ4v) is 9.20. The zero-order chi connectivity index (χ0) is 26.0. The summed E-state index contributed by atoms with van der Waals surface area (Å²) in [6.07, 6.45) is 5.73. The number of aromatic nitrogens is 5. The van der Waals surface area contributed by atoms with E-state index in [2.05, 4.69) is 59.0 Å². The predicted molar refractivity (Wildman–Crippen MR) is 165 cm³/mol. The van der Waals surface area contributed by atoms with Gasteiger partial charge in [0.1, 0.15) is 5.65 Å². The van der Waals surface area contributed by atoms with Crippen LogP contribution < -0.4 is 16.2 Å². The minimum Gasteiger partial charge on any atom is -0.292 e. The van der Waals surface area contributed by atoms with Gasteiger partial charge in [-0.3, -0.25) is 9.38 Å². The number of nitrogens with zero attached hydrogens (tertiary/aromatic N) is 5. The highest BCUT2D eigenvalue weighted by Crippen LogP contribution is 2.45. The fourth-order valence-electron chi connectivity index (χ4n) is 5.59. The molecule has 4 aromatic heterocycles. The van der Waals surface area contributed by atoms with Gasteiger partial charge in [-0.1, -0.05) is 90.7 Å². The molecule has 8 aromatic rings. The molecule has 1 atom stereocenters. The lowest BCUT2D eigenvalue weighted by Crippen LogP contribution is -2.29. The Morgan fingerprint density at radius 3 is 2.21 bits per heavy atom. The third-order valence-electron chi connectivity index (χ3n) is 7.36. The number of fused-ring (bicyclic) bond motifs is 9. The van der Waals surface area contributed by atoms with Crippen LogP contribution in [-0.2, 0) is 11.8 Å².